The highest BCUT2D eigenvalue weighted by molar-refractivity contribution is 6.07. The zero-order chi connectivity index (χ0) is 14.9. The van der Waals surface area contributed by atoms with Crippen LogP contribution in [0.2, 0.25) is 0 Å². The molecule has 1 aromatic carbocycles. The summed E-state index contributed by atoms with van der Waals surface area (Å²) >= 11 is 0. The Morgan fingerprint density at radius 1 is 1.09 bits per heavy atom. The van der Waals surface area contributed by atoms with Crippen molar-refractivity contribution in [3.63, 3.8) is 0 Å². The van der Waals surface area contributed by atoms with Gasteiger partial charge in [-0.2, -0.15) is 0 Å². The van der Waals surface area contributed by atoms with E-state index in [1.807, 2.05) is 30.3 Å². The number of hydrogen-bond donors (Lipinski definition) is 1. The molecule has 1 fully saturated rings. The van der Waals surface area contributed by atoms with Crippen LogP contribution in [0.5, 0.6) is 0 Å². The van der Waals surface area contributed by atoms with E-state index in [-0.39, 0.29) is 5.91 Å². The minimum absolute atomic E-state index is 0.222. The third-order valence-electron chi connectivity index (χ3n) is 3.81. The highest BCUT2D eigenvalue weighted by Gasteiger charge is 2.26. The molecule has 1 aliphatic carbocycles. The zero-order valence-electron chi connectivity index (χ0n) is 11.9. The van der Waals surface area contributed by atoms with Crippen LogP contribution in [0.4, 0.5) is 5.69 Å². The van der Waals surface area contributed by atoms with Gasteiger partial charge >= 0.3 is 0 Å². The van der Waals surface area contributed by atoms with Gasteiger partial charge in [-0.25, -0.2) is 9.97 Å². The number of hydrogen-bond acceptors (Lipinski definition) is 4. The molecule has 0 aliphatic heterocycles. The van der Waals surface area contributed by atoms with Gasteiger partial charge in [-0.05, 0) is 43.2 Å². The molecule has 0 bridgehead atoms. The van der Waals surface area contributed by atoms with Crippen molar-refractivity contribution >= 4 is 22.5 Å². The molecule has 2 heterocycles. The van der Waals surface area contributed by atoms with E-state index in [4.69, 9.17) is 0 Å². The van der Waals surface area contributed by atoms with Gasteiger partial charge in [0.15, 0.2) is 0 Å². The number of fused-ring (bicyclic) bond motifs is 1. The van der Waals surface area contributed by atoms with Gasteiger partial charge in [0.1, 0.15) is 12.0 Å². The lowest BCUT2D eigenvalue weighted by atomic mass is 10.1. The van der Waals surface area contributed by atoms with E-state index >= 15 is 0 Å². The number of rotatable bonds is 3. The lowest BCUT2D eigenvalue weighted by Crippen LogP contribution is -2.14. The Hall–Kier alpha value is -2.82. The molecule has 0 unspecified atom stereocenters. The summed E-state index contributed by atoms with van der Waals surface area (Å²) in [6, 6.07) is 11.2. The number of amides is 1. The summed E-state index contributed by atoms with van der Waals surface area (Å²) in [4.78, 5) is 25.0. The monoisotopic (exact) mass is 290 g/mol. The van der Waals surface area contributed by atoms with Crippen LogP contribution in [0, 0.1) is 0 Å². The highest BCUT2D eigenvalue weighted by Crippen LogP contribution is 2.38. The van der Waals surface area contributed by atoms with Gasteiger partial charge in [0.05, 0.1) is 11.2 Å². The fourth-order valence-electron chi connectivity index (χ4n) is 2.50. The third-order valence-corrected chi connectivity index (χ3v) is 3.81. The molecule has 1 aliphatic rings. The minimum Gasteiger partial charge on any atom is -0.320 e. The van der Waals surface area contributed by atoms with E-state index in [1.165, 1.54) is 6.33 Å². The Morgan fingerprint density at radius 2 is 2.00 bits per heavy atom. The first-order valence-electron chi connectivity index (χ1n) is 7.28. The van der Waals surface area contributed by atoms with Crippen LogP contribution >= 0.6 is 0 Å². The second kappa shape index (κ2) is 5.18. The summed E-state index contributed by atoms with van der Waals surface area (Å²) in [6.45, 7) is 0. The van der Waals surface area contributed by atoms with Crippen LogP contribution in [0.15, 0.2) is 48.9 Å². The lowest BCUT2D eigenvalue weighted by Gasteiger charge is -2.08. The molecule has 1 amide bonds. The van der Waals surface area contributed by atoms with Crippen LogP contribution in [0.25, 0.3) is 10.9 Å². The first-order valence-corrected chi connectivity index (χ1v) is 7.28. The maximum atomic E-state index is 12.4. The summed E-state index contributed by atoms with van der Waals surface area (Å²) in [7, 11) is 0. The summed E-state index contributed by atoms with van der Waals surface area (Å²) in [5.41, 5.74) is 2.95. The summed E-state index contributed by atoms with van der Waals surface area (Å²) in [5.74, 6) is 0.275. The molecular formula is C17H14N4O. The average Bonchev–Trinajstić information content (AvgIpc) is 3.40. The quantitative estimate of drug-likeness (QED) is 0.804. The largest absolute Gasteiger partial charge is 0.320 e. The van der Waals surface area contributed by atoms with Crippen molar-refractivity contribution in [2.45, 2.75) is 18.8 Å². The van der Waals surface area contributed by atoms with Gasteiger partial charge in [0, 0.05) is 23.2 Å². The van der Waals surface area contributed by atoms with E-state index in [9.17, 15) is 4.79 Å². The van der Waals surface area contributed by atoms with Crippen molar-refractivity contribution in [1.82, 2.24) is 15.0 Å². The van der Waals surface area contributed by atoms with Gasteiger partial charge in [-0.15, -0.1) is 0 Å². The maximum Gasteiger partial charge on any atom is 0.274 e. The molecule has 108 valence electrons. The molecule has 0 radical (unpaired) electrons. The van der Waals surface area contributed by atoms with Crippen molar-refractivity contribution in [2.75, 3.05) is 5.32 Å². The number of pyridine rings is 1. The number of carbonyl (C=O) groups excluding carboxylic acids is 1. The molecule has 2 aromatic heterocycles. The standard InChI is InChI=1S/C17H14N4O/c22-17(16-9-15(11-6-7-11)19-10-20-16)21-14-5-1-4-13-12(14)3-2-8-18-13/h1-5,8-11H,6-7H2,(H,21,22). The van der Waals surface area contributed by atoms with Crippen molar-refractivity contribution in [2.24, 2.45) is 0 Å². The Labute approximate surface area is 127 Å². The van der Waals surface area contributed by atoms with Crippen LogP contribution in [-0.4, -0.2) is 20.9 Å². The molecule has 5 heteroatoms. The van der Waals surface area contributed by atoms with Crippen LogP contribution in [0.3, 0.4) is 0 Å². The fraction of sp³-hybridized carbons (Fsp3) is 0.176. The third kappa shape index (κ3) is 2.41. The number of benzene rings is 1. The van der Waals surface area contributed by atoms with Crippen LogP contribution in [0.1, 0.15) is 34.9 Å². The van der Waals surface area contributed by atoms with Gasteiger partial charge in [0.25, 0.3) is 5.91 Å². The lowest BCUT2D eigenvalue weighted by molar-refractivity contribution is 0.102. The Kier molecular flexibility index (Phi) is 3.04. The Bertz CT molecular complexity index is 853. The predicted molar refractivity (Wildman–Crippen MR) is 83.7 cm³/mol. The van der Waals surface area contributed by atoms with Crippen molar-refractivity contribution in [3.05, 3.63) is 60.3 Å². The fourth-order valence-corrected chi connectivity index (χ4v) is 2.50. The first kappa shape index (κ1) is 12.9. The van der Waals surface area contributed by atoms with Crippen molar-refractivity contribution in [1.29, 1.82) is 0 Å². The Balaban J connectivity index is 1.64. The normalized spacial score (nSPS) is 14.0. The summed E-state index contributed by atoms with van der Waals surface area (Å²) < 4.78 is 0. The number of nitrogens with one attached hydrogen (secondary N) is 1. The highest BCUT2D eigenvalue weighted by atomic mass is 16.1. The average molecular weight is 290 g/mol. The number of nitrogens with zero attached hydrogens (tertiary/aromatic N) is 3. The van der Waals surface area contributed by atoms with E-state index < -0.39 is 0 Å². The van der Waals surface area contributed by atoms with E-state index in [0.717, 1.165) is 35.1 Å². The molecular weight excluding hydrogens is 276 g/mol. The molecule has 1 N–H and O–H groups in total. The zero-order valence-corrected chi connectivity index (χ0v) is 11.9. The van der Waals surface area contributed by atoms with E-state index in [1.54, 1.807) is 12.3 Å². The van der Waals surface area contributed by atoms with Gasteiger partial charge in [0.2, 0.25) is 0 Å². The molecule has 4 rings (SSSR count). The van der Waals surface area contributed by atoms with Crippen LogP contribution < -0.4 is 5.32 Å². The molecule has 22 heavy (non-hydrogen) atoms. The van der Waals surface area contributed by atoms with E-state index in [0.29, 0.717) is 11.6 Å². The molecule has 3 aromatic rings. The Morgan fingerprint density at radius 3 is 2.86 bits per heavy atom. The first-order chi connectivity index (χ1) is 10.8. The number of carbonyl (C=O) groups is 1. The molecule has 5 nitrogen and oxygen atoms in total. The summed E-state index contributed by atoms with van der Waals surface area (Å²) in [6.07, 6.45) is 5.49. The molecule has 0 saturated heterocycles. The predicted octanol–water partition coefficient (Wildman–Crippen LogP) is 3.15. The maximum absolute atomic E-state index is 12.4. The van der Waals surface area contributed by atoms with Gasteiger partial charge in [-0.3, -0.25) is 9.78 Å². The van der Waals surface area contributed by atoms with Crippen molar-refractivity contribution < 1.29 is 4.79 Å². The molecule has 0 atom stereocenters. The second-order valence-corrected chi connectivity index (χ2v) is 5.43. The van der Waals surface area contributed by atoms with E-state index in [2.05, 4.69) is 20.3 Å². The SMILES string of the molecule is O=C(Nc1cccc2ncccc12)c1cc(C2CC2)ncn1. The second-order valence-electron chi connectivity index (χ2n) is 5.43. The van der Waals surface area contributed by atoms with Crippen molar-refractivity contribution in [3.8, 4) is 0 Å². The summed E-state index contributed by atoms with van der Waals surface area (Å²) in [5, 5.41) is 3.83. The number of anilines is 1. The molecule has 1 saturated carbocycles. The number of aromatic nitrogens is 3. The minimum atomic E-state index is -0.222. The topological polar surface area (TPSA) is 67.8 Å². The van der Waals surface area contributed by atoms with Gasteiger partial charge < -0.3 is 5.32 Å². The smallest absolute Gasteiger partial charge is 0.274 e. The van der Waals surface area contributed by atoms with Crippen LogP contribution in [-0.2, 0) is 0 Å². The molecule has 0 spiro atoms. The van der Waals surface area contributed by atoms with Gasteiger partial charge in [-0.1, -0.05) is 6.07 Å².